The fourth-order valence-electron chi connectivity index (χ4n) is 2.55. The van der Waals surface area contributed by atoms with Crippen molar-refractivity contribution in [1.82, 2.24) is 10.2 Å². The average Bonchev–Trinajstić information content (AvgIpc) is 2.23. The lowest BCUT2D eigenvalue weighted by molar-refractivity contribution is 0.0693. The van der Waals surface area contributed by atoms with Crippen LogP contribution >= 0.6 is 0 Å². The molecule has 0 bridgehead atoms. The molecule has 1 saturated heterocycles. The zero-order valence-electron chi connectivity index (χ0n) is 12.4. The van der Waals surface area contributed by atoms with E-state index in [0.717, 1.165) is 19.5 Å². The van der Waals surface area contributed by atoms with Crippen LogP contribution < -0.4 is 5.32 Å². The molecule has 4 nitrogen and oxygen atoms in total. The Kier molecular flexibility index (Phi) is 5.21. The van der Waals surface area contributed by atoms with Gasteiger partial charge >= 0.3 is 0 Å². The molecule has 1 aliphatic heterocycles. The maximum Gasteiger partial charge on any atom is 0.148 e. The van der Waals surface area contributed by atoms with Crippen LogP contribution in [0.3, 0.4) is 0 Å². The predicted octanol–water partition coefficient (Wildman–Crippen LogP) is 1.13. The van der Waals surface area contributed by atoms with Crippen LogP contribution in [-0.2, 0) is 9.84 Å². The molecule has 1 heterocycles. The molecule has 0 saturated carbocycles. The molecule has 0 aromatic heterocycles. The van der Waals surface area contributed by atoms with Crippen LogP contribution in [0.25, 0.3) is 0 Å². The highest BCUT2D eigenvalue weighted by molar-refractivity contribution is 7.90. The van der Waals surface area contributed by atoms with Crippen molar-refractivity contribution in [2.24, 2.45) is 5.92 Å². The average molecular weight is 276 g/mol. The topological polar surface area (TPSA) is 49.4 Å². The molecule has 108 valence electrons. The summed E-state index contributed by atoms with van der Waals surface area (Å²) in [7, 11) is -2.88. The first-order valence-electron chi connectivity index (χ1n) is 6.81. The summed E-state index contributed by atoms with van der Waals surface area (Å²) in [5.74, 6) is 0.851. The number of hydrogen-bond acceptors (Lipinski definition) is 4. The van der Waals surface area contributed by atoms with Gasteiger partial charge in [-0.05, 0) is 19.8 Å². The Morgan fingerprint density at radius 3 is 2.56 bits per heavy atom. The Hall–Kier alpha value is -0.130. The van der Waals surface area contributed by atoms with Gasteiger partial charge in [-0.2, -0.15) is 0 Å². The number of rotatable bonds is 5. The first kappa shape index (κ1) is 15.9. The molecule has 18 heavy (non-hydrogen) atoms. The zero-order chi connectivity index (χ0) is 14.0. The van der Waals surface area contributed by atoms with Gasteiger partial charge in [-0.3, -0.25) is 4.90 Å². The predicted molar refractivity (Wildman–Crippen MR) is 76.6 cm³/mol. The number of sulfone groups is 1. The number of nitrogens with one attached hydrogen (secondary N) is 1. The van der Waals surface area contributed by atoms with Gasteiger partial charge in [0.1, 0.15) is 9.84 Å². The molecular weight excluding hydrogens is 248 g/mol. The van der Waals surface area contributed by atoms with Crippen molar-refractivity contribution < 1.29 is 8.42 Å². The van der Waals surface area contributed by atoms with Crippen molar-refractivity contribution in [3.05, 3.63) is 0 Å². The second kappa shape index (κ2) is 5.88. The summed E-state index contributed by atoms with van der Waals surface area (Å²) < 4.78 is 22.7. The van der Waals surface area contributed by atoms with Gasteiger partial charge < -0.3 is 5.32 Å². The first-order chi connectivity index (χ1) is 8.14. The van der Waals surface area contributed by atoms with E-state index in [1.165, 1.54) is 6.26 Å². The molecule has 1 fully saturated rings. The van der Waals surface area contributed by atoms with E-state index in [4.69, 9.17) is 0 Å². The molecule has 0 amide bonds. The summed E-state index contributed by atoms with van der Waals surface area (Å²) in [6.45, 7) is 11.3. The summed E-state index contributed by atoms with van der Waals surface area (Å²) in [6, 6.07) is 0.449. The Labute approximate surface area is 112 Å². The second-order valence-corrected chi connectivity index (χ2v) is 8.58. The van der Waals surface area contributed by atoms with Gasteiger partial charge in [-0.15, -0.1) is 0 Å². The summed E-state index contributed by atoms with van der Waals surface area (Å²) in [4.78, 5) is 2.35. The SMILES string of the molecule is CCC(C)C1CNC(C)(C)CN1CCS(C)(=O)=O. The van der Waals surface area contributed by atoms with Crippen molar-refractivity contribution >= 4 is 9.84 Å². The highest BCUT2D eigenvalue weighted by atomic mass is 32.2. The number of nitrogens with zero attached hydrogens (tertiary/aromatic N) is 1. The molecule has 0 aliphatic carbocycles. The van der Waals surface area contributed by atoms with Crippen LogP contribution in [0.1, 0.15) is 34.1 Å². The number of piperazine rings is 1. The summed E-state index contributed by atoms with van der Waals surface area (Å²) in [5, 5.41) is 3.56. The van der Waals surface area contributed by atoms with Crippen LogP contribution in [0.5, 0.6) is 0 Å². The van der Waals surface area contributed by atoms with Gasteiger partial charge in [0.05, 0.1) is 5.75 Å². The Morgan fingerprint density at radius 1 is 1.44 bits per heavy atom. The number of hydrogen-bond donors (Lipinski definition) is 1. The van der Waals surface area contributed by atoms with Crippen LogP contribution in [0, 0.1) is 5.92 Å². The third-order valence-corrected chi connectivity index (χ3v) is 4.83. The zero-order valence-corrected chi connectivity index (χ0v) is 13.2. The van der Waals surface area contributed by atoms with Crippen molar-refractivity contribution in [2.75, 3.05) is 31.6 Å². The minimum absolute atomic E-state index is 0.0709. The molecule has 0 aromatic carbocycles. The second-order valence-electron chi connectivity index (χ2n) is 6.32. The first-order valence-corrected chi connectivity index (χ1v) is 8.87. The van der Waals surface area contributed by atoms with E-state index < -0.39 is 9.84 Å². The van der Waals surface area contributed by atoms with E-state index >= 15 is 0 Å². The summed E-state index contributed by atoms with van der Waals surface area (Å²) >= 11 is 0. The third kappa shape index (κ3) is 4.86. The monoisotopic (exact) mass is 276 g/mol. The molecule has 0 aromatic rings. The van der Waals surface area contributed by atoms with Crippen molar-refractivity contribution in [2.45, 2.75) is 45.7 Å². The Balaban J connectivity index is 2.71. The lowest BCUT2D eigenvalue weighted by Gasteiger charge is -2.46. The maximum absolute atomic E-state index is 11.3. The molecule has 5 heteroatoms. The molecule has 2 atom stereocenters. The molecular formula is C13H28N2O2S. The minimum Gasteiger partial charge on any atom is -0.309 e. The van der Waals surface area contributed by atoms with Gasteiger partial charge in [0.15, 0.2) is 0 Å². The standard InChI is InChI=1S/C13H28N2O2S/c1-6-11(2)12-9-14-13(3,4)10-15(12)7-8-18(5,16)17/h11-12,14H,6-10H2,1-5H3. The fraction of sp³-hybridized carbons (Fsp3) is 1.00. The molecule has 1 aliphatic rings. The lowest BCUT2D eigenvalue weighted by Crippen LogP contribution is -2.63. The van der Waals surface area contributed by atoms with Crippen LogP contribution in [-0.4, -0.2) is 56.5 Å². The van der Waals surface area contributed by atoms with Crippen LogP contribution in [0.15, 0.2) is 0 Å². The van der Waals surface area contributed by atoms with Crippen molar-refractivity contribution in [3.63, 3.8) is 0 Å². The van der Waals surface area contributed by atoms with E-state index in [0.29, 0.717) is 18.5 Å². The van der Waals surface area contributed by atoms with Gasteiger partial charge in [0, 0.05) is 37.5 Å². The largest absolute Gasteiger partial charge is 0.309 e. The molecule has 2 unspecified atom stereocenters. The van der Waals surface area contributed by atoms with Crippen LogP contribution in [0.2, 0.25) is 0 Å². The maximum atomic E-state index is 11.3. The van der Waals surface area contributed by atoms with E-state index in [9.17, 15) is 8.42 Å². The normalized spacial score (nSPS) is 27.1. The smallest absolute Gasteiger partial charge is 0.148 e. The highest BCUT2D eigenvalue weighted by Crippen LogP contribution is 2.22. The van der Waals surface area contributed by atoms with Crippen LogP contribution in [0.4, 0.5) is 0 Å². The van der Waals surface area contributed by atoms with Gasteiger partial charge in [-0.1, -0.05) is 20.3 Å². The third-order valence-electron chi connectivity index (χ3n) is 3.91. The lowest BCUT2D eigenvalue weighted by atomic mass is 9.91. The van der Waals surface area contributed by atoms with E-state index in [2.05, 4.69) is 37.9 Å². The minimum atomic E-state index is -2.88. The highest BCUT2D eigenvalue weighted by Gasteiger charge is 2.34. The van der Waals surface area contributed by atoms with Gasteiger partial charge in [-0.25, -0.2) is 8.42 Å². The Morgan fingerprint density at radius 2 is 2.06 bits per heavy atom. The fourth-order valence-corrected chi connectivity index (χ4v) is 3.12. The van der Waals surface area contributed by atoms with E-state index in [-0.39, 0.29) is 11.3 Å². The van der Waals surface area contributed by atoms with Gasteiger partial charge in [0.2, 0.25) is 0 Å². The molecule has 0 spiro atoms. The Bertz CT molecular complexity index is 365. The van der Waals surface area contributed by atoms with E-state index in [1.807, 2.05) is 0 Å². The van der Waals surface area contributed by atoms with Gasteiger partial charge in [0.25, 0.3) is 0 Å². The molecule has 1 N–H and O–H groups in total. The van der Waals surface area contributed by atoms with E-state index in [1.54, 1.807) is 0 Å². The summed E-state index contributed by atoms with van der Waals surface area (Å²) in [5.41, 5.74) is 0.0709. The van der Waals surface area contributed by atoms with Crippen molar-refractivity contribution in [1.29, 1.82) is 0 Å². The quantitative estimate of drug-likeness (QED) is 0.818. The van der Waals surface area contributed by atoms with Crippen molar-refractivity contribution in [3.8, 4) is 0 Å². The summed E-state index contributed by atoms with van der Waals surface area (Å²) in [6.07, 6.45) is 2.45. The molecule has 0 radical (unpaired) electrons. The molecule has 1 rings (SSSR count).